The average molecular weight is 196 g/mol. The molecule has 76 valence electrons. The highest BCUT2D eigenvalue weighted by Crippen LogP contribution is 2.41. The van der Waals surface area contributed by atoms with Gasteiger partial charge in [0.1, 0.15) is 0 Å². The Morgan fingerprint density at radius 1 is 1.79 bits per heavy atom. The fourth-order valence-electron chi connectivity index (χ4n) is 1.36. The second-order valence-corrected chi connectivity index (χ2v) is 3.47. The minimum Gasteiger partial charge on any atom is -0.464 e. The first-order valence-electron chi connectivity index (χ1n) is 4.43. The molecule has 1 aromatic heterocycles. The number of methoxy groups -OCH3 is 1. The van der Waals surface area contributed by atoms with Crippen molar-refractivity contribution in [2.24, 2.45) is 5.73 Å². The van der Waals surface area contributed by atoms with E-state index in [1.807, 2.05) is 0 Å². The lowest BCUT2D eigenvalue weighted by Crippen LogP contribution is -2.27. The predicted molar refractivity (Wildman–Crippen MR) is 47.6 cm³/mol. The summed E-state index contributed by atoms with van der Waals surface area (Å²) < 4.78 is 6.20. The summed E-state index contributed by atoms with van der Waals surface area (Å²) in [5.41, 5.74) is 5.74. The molecule has 14 heavy (non-hydrogen) atoms. The molecular formula is C8H12N4O2. The number of nitrogens with zero attached hydrogens (tertiary/aromatic N) is 3. The maximum atomic E-state index is 11.1. The number of carbonyl (C=O) groups excluding carboxylic acids is 1. The maximum absolute atomic E-state index is 11.1. The van der Waals surface area contributed by atoms with Gasteiger partial charge in [0.15, 0.2) is 5.69 Å². The molecule has 0 aromatic carbocycles. The van der Waals surface area contributed by atoms with Gasteiger partial charge in [0.25, 0.3) is 0 Å². The van der Waals surface area contributed by atoms with Crippen molar-refractivity contribution in [3.8, 4) is 0 Å². The van der Waals surface area contributed by atoms with E-state index in [-0.39, 0.29) is 11.2 Å². The van der Waals surface area contributed by atoms with Crippen LogP contribution in [0.15, 0.2) is 6.20 Å². The molecule has 2 N–H and O–H groups in total. The van der Waals surface area contributed by atoms with Crippen molar-refractivity contribution >= 4 is 5.97 Å². The molecule has 6 heteroatoms. The van der Waals surface area contributed by atoms with Crippen LogP contribution in [0.25, 0.3) is 0 Å². The summed E-state index contributed by atoms with van der Waals surface area (Å²) in [6, 6.07) is 0. The van der Waals surface area contributed by atoms with E-state index in [0.717, 1.165) is 12.8 Å². The van der Waals surface area contributed by atoms with Crippen LogP contribution >= 0.6 is 0 Å². The van der Waals surface area contributed by atoms with Crippen LogP contribution in [0.4, 0.5) is 0 Å². The van der Waals surface area contributed by atoms with Crippen molar-refractivity contribution in [3.63, 3.8) is 0 Å². The molecule has 0 unspecified atom stereocenters. The zero-order valence-corrected chi connectivity index (χ0v) is 7.93. The summed E-state index contributed by atoms with van der Waals surface area (Å²) in [5, 5.41) is 7.60. The Balaban J connectivity index is 2.22. The van der Waals surface area contributed by atoms with Gasteiger partial charge in [-0.2, -0.15) is 0 Å². The Kier molecular flexibility index (Phi) is 1.99. The molecule has 1 heterocycles. The van der Waals surface area contributed by atoms with Crippen LogP contribution in [-0.4, -0.2) is 34.6 Å². The van der Waals surface area contributed by atoms with Crippen LogP contribution in [0, 0.1) is 0 Å². The molecule has 0 aliphatic heterocycles. The zero-order valence-electron chi connectivity index (χ0n) is 7.93. The standard InChI is InChI=1S/C8H12N4O2/c1-14-7(13)6-4-12(11-10-6)8(5-9)2-3-8/h4H,2-3,5,9H2,1H3. The summed E-state index contributed by atoms with van der Waals surface area (Å²) in [6.07, 6.45) is 3.58. The molecule has 2 rings (SSSR count). The van der Waals surface area contributed by atoms with Crippen molar-refractivity contribution in [2.75, 3.05) is 13.7 Å². The molecule has 0 radical (unpaired) electrons. The van der Waals surface area contributed by atoms with Gasteiger partial charge in [-0.15, -0.1) is 5.10 Å². The highest BCUT2D eigenvalue weighted by atomic mass is 16.5. The van der Waals surface area contributed by atoms with E-state index in [1.54, 1.807) is 10.9 Å². The van der Waals surface area contributed by atoms with Crippen molar-refractivity contribution in [1.82, 2.24) is 15.0 Å². The summed E-state index contributed by atoms with van der Waals surface area (Å²) in [6.45, 7) is 0.525. The largest absolute Gasteiger partial charge is 0.464 e. The zero-order chi connectivity index (χ0) is 10.2. The van der Waals surface area contributed by atoms with Gasteiger partial charge in [0, 0.05) is 6.54 Å². The van der Waals surface area contributed by atoms with E-state index in [1.165, 1.54) is 7.11 Å². The quantitative estimate of drug-likeness (QED) is 0.660. The van der Waals surface area contributed by atoms with E-state index in [0.29, 0.717) is 6.54 Å². The normalized spacial score (nSPS) is 17.9. The Hall–Kier alpha value is -1.43. The Labute approximate surface area is 81.0 Å². The first kappa shape index (κ1) is 9.14. The van der Waals surface area contributed by atoms with E-state index in [4.69, 9.17) is 5.73 Å². The molecule has 0 atom stereocenters. The molecule has 1 aliphatic carbocycles. The molecule has 0 amide bonds. The van der Waals surface area contributed by atoms with Crippen molar-refractivity contribution < 1.29 is 9.53 Å². The molecule has 1 fully saturated rings. The van der Waals surface area contributed by atoms with Crippen LogP contribution in [0.5, 0.6) is 0 Å². The van der Waals surface area contributed by atoms with Crippen molar-refractivity contribution in [3.05, 3.63) is 11.9 Å². The molecule has 0 spiro atoms. The van der Waals surface area contributed by atoms with Gasteiger partial charge in [0.05, 0.1) is 18.8 Å². The molecule has 1 aromatic rings. The molecule has 1 saturated carbocycles. The van der Waals surface area contributed by atoms with E-state index >= 15 is 0 Å². The fourth-order valence-corrected chi connectivity index (χ4v) is 1.36. The van der Waals surface area contributed by atoms with Crippen molar-refractivity contribution in [1.29, 1.82) is 0 Å². The number of rotatable bonds is 3. The first-order valence-corrected chi connectivity index (χ1v) is 4.43. The Bertz CT molecular complexity index is 356. The first-order chi connectivity index (χ1) is 6.72. The van der Waals surface area contributed by atoms with Crippen LogP contribution in [0.1, 0.15) is 23.3 Å². The highest BCUT2D eigenvalue weighted by Gasteiger charge is 2.44. The summed E-state index contributed by atoms with van der Waals surface area (Å²) in [7, 11) is 1.32. The molecule has 6 nitrogen and oxygen atoms in total. The summed E-state index contributed by atoms with van der Waals surface area (Å²) >= 11 is 0. The third kappa shape index (κ3) is 1.27. The average Bonchev–Trinajstić information content (AvgIpc) is 2.87. The number of esters is 1. The van der Waals surface area contributed by atoms with Gasteiger partial charge in [-0.05, 0) is 12.8 Å². The van der Waals surface area contributed by atoms with Crippen LogP contribution in [-0.2, 0) is 10.3 Å². The number of ether oxygens (including phenoxy) is 1. The van der Waals surface area contributed by atoms with Gasteiger partial charge in [-0.1, -0.05) is 5.21 Å². The second-order valence-electron chi connectivity index (χ2n) is 3.47. The van der Waals surface area contributed by atoms with Crippen LogP contribution in [0.2, 0.25) is 0 Å². The fraction of sp³-hybridized carbons (Fsp3) is 0.625. The minimum atomic E-state index is -0.468. The lowest BCUT2D eigenvalue weighted by molar-refractivity contribution is 0.0594. The number of hydrogen-bond acceptors (Lipinski definition) is 5. The minimum absolute atomic E-state index is 0.0979. The van der Waals surface area contributed by atoms with Crippen LogP contribution < -0.4 is 5.73 Å². The molecular weight excluding hydrogens is 184 g/mol. The Morgan fingerprint density at radius 3 is 3.00 bits per heavy atom. The van der Waals surface area contributed by atoms with E-state index < -0.39 is 5.97 Å². The number of nitrogens with two attached hydrogens (primary N) is 1. The highest BCUT2D eigenvalue weighted by molar-refractivity contribution is 5.86. The third-order valence-electron chi connectivity index (χ3n) is 2.58. The smallest absolute Gasteiger partial charge is 0.360 e. The predicted octanol–water partition coefficient (Wildman–Crippen LogP) is -0.488. The number of carbonyl (C=O) groups is 1. The maximum Gasteiger partial charge on any atom is 0.360 e. The topological polar surface area (TPSA) is 83.0 Å². The Morgan fingerprint density at radius 2 is 2.50 bits per heavy atom. The van der Waals surface area contributed by atoms with E-state index in [9.17, 15) is 4.79 Å². The summed E-state index contributed by atoms with van der Waals surface area (Å²) in [4.78, 5) is 11.1. The third-order valence-corrected chi connectivity index (χ3v) is 2.58. The van der Waals surface area contributed by atoms with Gasteiger partial charge in [0.2, 0.25) is 0 Å². The SMILES string of the molecule is COC(=O)c1cn(C2(CN)CC2)nn1. The lowest BCUT2D eigenvalue weighted by atomic mass is 10.3. The van der Waals surface area contributed by atoms with Crippen molar-refractivity contribution in [2.45, 2.75) is 18.4 Å². The lowest BCUT2D eigenvalue weighted by Gasteiger charge is -2.10. The van der Waals surface area contributed by atoms with Gasteiger partial charge < -0.3 is 10.5 Å². The van der Waals surface area contributed by atoms with Gasteiger partial charge >= 0.3 is 5.97 Å². The van der Waals surface area contributed by atoms with Crippen LogP contribution in [0.3, 0.4) is 0 Å². The number of hydrogen-bond donors (Lipinski definition) is 1. The summed E-state index contributed by atoms with van der Waals surface area (Å²) in [5.74, 6) is -0.468. The van der Waals surface area contributed by atoms with Gasteiger partial charge in [-0.25, -0.2) is 9.48 Å². The number of aromatic nitrogens is 3. The molecule has 1 aliphatic rings. The second kappa shape index (κ2) is 3.06. The van der Waals surface area contributed by atoms with Gasteiger partial charge in [-0.3, -0.25) is 0 Å². The monoisotopic (exact) mass is 196 g/mol. The van der Waals surface area contributed by atoms with E-state index in [2.05, 4.69) is 15.0 Å². The molecule has 0 saturated heterocycles. The molecule has 0 bridgehead atoms.